The normalized spacial score (nSPS) is 14.0. The lowest BCUT2D eigenvalue weighted by molar-refractivity contribution is 0.0828. The molecule has 1 amide bonds. The predicted molar refractivity (Wildman–Crippen MR) is 126 cm³/mol. The summed E-state index contributed by atoms with van der Waals surface area (Å²) in [5.41, 5.74) is 2.39. The molecule has 1 saturated heterocycles. The lowest BCUT2D eigenvalue weighted by atomic mass is 10.1. The van der Waals surface area contributed by atoms with Gasteiger partial charge < -0.3 is 19.9 Å². The number of carbonyl (C=O) groups is 1. The zero-order valence-electron chi connectivity index (χ0n) is 18.4. The number of nitrogens with one attached hydrogen (secondary N) is 1. The van der Waals surface area contributed by atoms with Crippen LogP contribution in [-0.4, -0.2) is 76.2 Å². The summed E-state index contributed by atoms with van der Waals surface area (Å²) < 4.78 is 19.0. The van der Waals surface area contributed by atoms with Crippen molar-refractivity contribution >= 4 is 29.7 Å². The maximum atomic E-state index is 13.7. The second-order valence-corrected chi connectivity index (χ2v) is 7.67. The molecule has 1 N–H and O–H groups in total. The molecule has 0 spiro atoms. The highest BCUT2D eigenvalue weighted by molar-refractivity contribution is 5.99. The molecule has 0 aromatic heterocycles. The summed E-state index contributed by atoms with van der Waals surface area (Å²) in [6.45, 7) is 5.31. The van der Waals surface area contributed by atoms with Crippen molar-refractivity contribution in [3.05, 3.63) is 53.8 Å². The SMILES string of the molecule is COc1ccc(F)cc1N1CCN(CCCNc2ccccc2C(=O)N(C)C)CC1.Cl. The number of anilines is 2. The Morgan fingerprint density at radius 3 is 2.52 bits per heavy atom. The van der Waals surface area contributed by atoms with E-state index in [-0.39, 0.29) is 24.1 Å². The summed E-state index contributed by atoms with van der Waals surface area (Å²) in [4.78, 5) is 18.5. The molecule has 170 valence electrons. The third-order valence-electron chi connectivity index (χ3n) is 5.38. The van der Waals surface area contributed by atoms with Gasteiger partial charge in [0.2, 0.25) is 0 Å². The van der Waals surface area contributed by atoms with Crippen LogP contribution in [0.15, 0.2) is 42.5 Å². The van der Waals surface area contributed by atoms with Gasteiger partial charge in [0, 0.05) is 58.6 Å². The van der Waals surface area contributed by atoms with Crippen LogP contribution in [0.4, 0.5) is 15.8 Å². The van der Waals surface area contributed by atoms with Gasteiger partial charge in [0.15, 0.2) is 0 Å². The first-order chi connectivity index (χ1) is 14.5. The second-order valence-electron chi connectivity index (χ2n) is 7.67. The zero-order chi connectivity index (χ0) is 21.5. The first-order valence-corrected chi connectivity index (χ1v) is 10.3. The van der Waals surface area contributed by atoms with E-state index in [2.05, 4.69) is 15.1 Å². The number of rotatable bonds is 8. The Morgan fingerprint density at radius 1 is 1.13 bits per heavy atom. The smallest absolute Gasteiger partial charge is 0.255 e. The molecular formula is C23H32ClFN4O2. The molecule has 0 bridgehead atoms. The molecule has 1 aliphatic rings. The van der Waals surface area contributed by atoms with Crippen molar-refractivity contribution in [2.24, 2.45) is 0 Å². The summed E-state index contributed by atoms with van der Waals surface area (Å²) in [6.07, 6.45) is 0.980. The maximum Gasteiger partial charge on any atom is 0.255 e. The molecule has 6 nitrogen and oxygen atoms in total. The highest BCUT2D eigenvalue weighted by Gasteiger charge is 2.20. The van der Waals surface area contributed by atoms with Gasteiger partial charge in [-0.2, -0.15) is 0 Å². The van der Waals surface area contributed by atoms with Crippen LogP contribution >= 0.6 is 12.4 Å². The van der Waals surface area contributed by atoms with Crippen LogP contribution in [0.5, 0.6) is 5.75 Å². The van der Waals surface area contributed by atoms with E-state index in [0.717, 1.165) is 57.1 Å². The van der Waals surface area contributed by atoms with E-state index >= 15 is 0 Å². The molecule has 2 aromatic carbocycles. The molecule has 0 atom stereocenters. The maximum absolute atomic E-state index is 13.7. The minimum atomic E-state index is -0.243. The van der Waals surface area contributed by atoms with E-state index in [1.807, 2.05) is 24.3 Å². The van der Waals surface area contributed by atoms with Crippen molar-refractivity contribution in [3.8, 4) is 5.75 Å². The van der Waals surface area contributed by atoms with E-state index in [9.17, 15) is 9.18 Å². The third-order valence-corrected chi connectivity index (χ3v) is 5.38. The van der Waals surface area contributed by atoms with E-state index in [1.54, 1.807) is 38.2 Å². The number of benzene rings is 2. The first-order valence-electron chi connectivity index (χ1n) is 10.3. The number of hydrogen-bond acceptors (Lipinski definition) is 5. The fraction of sp³-hybridized carbons (Fsp3) is 0.435. The Morgan fingerprint density at radius 2 is 1.84 bits per heavy atom. The number of methoxy groups -OCH3 is 1. The van der Waals surface area contributed by atoms with E-state index in [1.165, 1.54) is 6.07 Å². The summed E-state index contributed by atoms with van der Waals surface area (Å²) in [5.74, 6) is 0.467. The number of carbonyl (C=O) groups excluding carboxylic acids is 1. The van der Waals surface area contributed by atoms with Crippen molar-refractivity contribution in [3.63, 3.8) is 0 Å². The molecule has 0 aliphatic carbocycles. The molecule has 0 radical (unpaired) electrons. The van der Waals surface area contributed by atoms with Crippen LogP contribution < -0.4 is 15.0 Å². The number of hydrogen-bond donors (Lipinski definition) is 1. The number of amides is 1. The van der Waals surface area contributed by atoms with Gasteiger partial charge >= 0.3 is 0 Å². The first kappa shape index (κ1) is 24.8. The average molecular weight is 451 g/mol. The van der Waals surface area contributed by atoms with Crippen LogP contribution in [0, 0.1) is 5.82 Å². The molecule has 1 heterocycles. The number of para-hydroxylation sites is 1. The molecule has 1 fully saturated rings. The van der Waals surface area contributed by atoms with Crippen molar-refractivity contribution in [1.29, 1.82) is 0 Å². The second kappa shape index (κ2) is 11.8. The molecule has 31 heavy (non-hydrogen) atoms. The molecule has 1 aliphatic heterocycles. The predicted octanol–water partition coefficient (Wildman–Crippen LogP) is 3.58. The Kier molecular flexibility index (Phi) is 9.40. The Balaban J connectivity index is 0.00000341. The highest BCUT2D eigenvalue weighted by atomic mass is 35.5. The van der Waals surface area contributed by atoms with Gasteiger partial charge in [0.05, 0.1) is 18.4 Å². The molecule has 3 rings (SSSR count). The van der Waals surface area contributed by atoms with Gasteiger partial charge in [-0.25, -0.2) is 4.39 Å². The lowest BCUT2D eigenvalue weighted by Gasteiger charge is -2.36. The van der Waals surface area contributed by atoms with Crippen LogP contribution in [-0.2, 0) is 0 Å². The van der Waals surface area contributed by atoms with Crippen LogP contribution in [0.1, 0.15) is 16.8 Å². The van der Waals surface area contributed by atoms with Gasteiger partial charge in [-0.3, -0.25) is 9.69 Å². The Labute approximate surface area is 190 Å². The standard InChI is InChI=1S/C23H31FN4O2.ClH/c1-26(2)23(29)19-7-4-5-8-20(19)25-11-6-12-27-13-15-28(16-14-27)21-17-18(24)9-10-22(21)30-3;/h4-5,7-10,17,25H,6,11-16H2,1-3H3;1H. The number of halogens is 2. The molecule has 2 aromatic rings. The molecule has 8 heteroatoms. The summed E-state index contributed by atoms with van der Waals surface area (Å²) in [7, 11) is 5.14. The van der Waals surface area contributed by atoms with Gasteiger partial charge in [-0.1, -0.05) is 12.1 Å². The average Bonchev–Trinajstić information content (AvgIpc) is 2.77. The van der Waals surface area contributed by atoms with Crippen molar-refractivity contribution < 1.29 is 13.9 Å². The monoisotopic (exact) mass is 450 g/mol. The number of piperazine rings is 1. The van der Waals surface area contributed by atoms with Crippen molar-refractivity contribution in [2.45, 2.75) is 6.42 Å². The largest absolute Gasteiger partial charge is 0.495 e. The van der Waals surface area contributed by atoms with E-state index < -0.39 is 0 Å². The summed E-state index contributed by atoms with van der Waals surface area (Å²) in [5, 5.41) is 3.40. The van der Waals surface area contributed by atoms with Gasteiger partial charge in [0.25, 0.3) is 5.91 Å². The van der Waals surface area contributed by atoms with Gasteiger partial charge in [-0.05, 0) is 37.2 Å². The van der Waals surface area contributed by atoms with Crippen molar-refractivity contribution in [2.75, 3.05) is 70.7 Å². The van der Waals surface area contributed by atoms with Crippen LogP contribution in [0.2, 0.25) is 0 Å². The topological polar surface area (TPSA) is 48.1 Å². The molecule has 0 unspecified atom stereocenters. The number of nitrogens with zero attached hydrogens (tertiary/aromatic N) is 3. The van der Waals surface area contributed by atoms with E-state index in [0.29, 0.717) is 11.3 Å². The number of ether oxygens (including phenoxy) is 1. The Bertz CT molecular complexity index is 857. The Hall–Kier alpha value is -2.51. The van der Waals surface area contributed by atoms with Crippen LogP contribution in [0.25, 0.3) is 0 Å². The van der Waals surface area contributed by atoms with Crippen molar-refractivity contribution in [1.82, 2.24) is 9.80 Å². The van der Waals surface area contributed by atoms with Gasteiger partial charge in [0.1, 0.15) is 11.6 Å². The van der Waals surface area contributed by atoms with Crippen LogP contribution in [0.3, 0.4) is 0 Å². The summed E-state index contributed by atoms with van der Waals surface area (Å²) >= 11 is 0. The molecular weight excluding hydrogens is 419 g/mol. The fourth-order valence-corrected chi connectivity index (χ4v) is 3.71. The zero-order valence-corrected chi connectivity index (χ0v) is 19.3. The third kappa shape index (κ3) is 6.48. The fourth-order valence-electron chi connectivity index (χ4n) is 3.71. The lowest BCUT2D eigenvalue weighted by Crippen LogP contribution is -2.47. The summed E-state index contributed by atoms with van der Waals surface area (Å²) in [6, 6.07) is 12.3. The molecule has 0 saturated carbocycles. The van der Waals surface area contributed by atoms with Gasteiger partial charge in [-0.15, -0.1) is 12.4 Å². The minimum Gasteiger partial charge on any atom is -0.495 e. The minimum absolute atomic E-state index is 0. The highest BCUT2D eigenvalue weighted by Crippen LogP contribution is 2.29. The quantitative estimate of drug-likeness (QED) is 0.623. The van der Waals surface area contributed by atoms with E-state index in [4.69, 9.17) is 4.74 Å².